The van der Waals surface area contributed by atoms with E-state index in [4.69, 9.17) is 14.2 Å². The number of carbonyl (C=O) groups excluding carboxylic acids is 2. The van der Waals surface area contributed by atoms with Crippen molar-refractivity contribution in [3.05, 3.63) is 72.9 Å². The van der Waals surface area contributed by atoms with Crippen LogP contribution in [0.15, 0.2) is 72.9 Å². The predicted molar refractivity (Wildman–Crippen MR) is 270 cm³/mol. The molecule has 0 rings (SSSR count). The van der Waals surface area contributed by atoms with Crippen molar-refractivity contribution in [3.8, 4) is 0 Å². The molecule has 0 aliphatic heterocycles. The van der Waals surface area contributed by atoms with E-state index in [1.807, 2.05) is 6.08 Å². The van der Waals surface area contributed by atoms with Crippen LogP contribution >= 0.6 is 0 Å². The van der Waals surface area contributed by atoms with E-state index < -0.39 is 6.10 Å². The summed E-state index contributed by atoms with van der Waals surface area (Å²) in [4.78, 5) is 25.3. The highest BCUT2D eigenvalue weighted by Gasteiger charge is 2.17. The van der Waals surface area contributed by atoms with E-state index in [1.165, 1.54) is 154 Å². The van der Waals surface area contributed by atoms with Gasteiger partial charge in [-0.3, -0.25) is 9.59 Å². The molecule has 0 spiro atoms. The highest BCUT2D eigenvalue weighted by molar-refractivity contribution is 5.70. The Kier molecular flexibility index (Phi) is 50.4. The second-order valence-corrected chi connectivity index (χ2v) is 17.4. The van der Waals surface area contributed by atoms with E-state index in [0.717, 1.165) is 57.8 Å². The first-order chi connectivity index (χ1) is 30.6. The molecule has 62 heavy (non-hydrogen) atoms. The molecule has 0 aliphatic rings. The van der Waals surface area contributed by atoms with Crippen LogP contribution in [0.2, 0.25) is 0 Å². The lowest BCUT2D eigenvalue weighted by Gasteiger charge is -2.18. The topological polar surface area (TPSA) is 61.8 Å². The van der Waals surface area contributed by atoms with E-state index in [0.29, 0.717) is 25.9 Å². The average molecular weight is 865 g/mol. The number of carbonyl (C=O) groups is 2. The molecule has 0 heterocycles. The molecule has 358 valence electrons. The van der Waals surface area contributed by atoms with Crippen LogP contribution in [0.25, 0.3) is 0 Å². The minimum absolute atomic E-state index is 0.0466. The second-order valence-electron chi connectivity index (χ2n) is 17.4. The van der Waals surface area contributed by atoms with Crippen molar-refractivity contribution < 1.29 is 23.8 Å². The van der Waals surface area contributed by atoms with Gasteiger partial charge in [0.15, 0.2) is 6.10 Å². The van der Waals surface area contributed by atoms with Crippen LogP contribution < -0.4 is 0 Å². The Bertz CT molecular complexity index is 1110. The third kappa shape index (κ3) is 50.0. The molecular weight excluding hydrogens is 765 g/mol. The van der Waals surface area contributed by atoms with Gasteiger partial charge in [0.2, 0.25) is 0 Å². The van der Waals surface area contributed by atoms with Gasteiger partial charge in [-0.2, -0.15) is 0 Å². The molecule has 0 aromatic heterocycles. The van der Waals surface area contributed by atoms with Crippen molar-refractivity contribution in [2.24, 2.45) is 0 Å². The van der Waals surface area contributed by atoms with E-state index in [9.17, 15) is 9.59 Å². The Balaban J connectivity index is 4.29. The van der Waals surface area contributed by atoms with Crippen LogP contribution in [0.1, 0.15) is 252 Å². The number of ether oxygens (including phenoxy) is 3. The van der Waals surface area contributed by atoms with Crippen molar-refractivity contribution in [3.63, 3.8) is 0 Å². The summed E-state index contributed by atoms with van der Waals surface area (Å²) >= 11 is 0. The van der Waals surface area contributed by atoms with Gasteiger partial charge in [0, 0.05) is 19.4 Å². The average Bonchev–Trinajstić information content (AvgIpc) is 3.27. The number of hydrogen-bond donors (Lipinski definition) is 0. The summed E-state index contributed by atoms with van der Waals surface area (Å²) in [6.45, 7) is 7.62. The molecule has 1 atom stereocenters. The van der Waals surface area contributed by atoms with Crippen molar-refractivity contribution in [2.75, 3.05) is 19.8 Å². The lowest BCUT2D eigenvalue weighted by atomic mass is 10.0. The number of hydrogen-bond acceptors (Lipinski definition) is 5. The third-order valence-electron chi connectivity index (χ3n) is 11.2. The molecule has 1 unspecified atom stereocenters. The molecular formula is C57H100O5. The summed E-state index contributed by atoms with van der Waals surface area (Å²) in [6.07, 6.45) is 67.9. The molecule has 0 fully saturated rings. The Morgan fingerprint density at radius 3 is 1.26 bits per heavy atom. The van der Waals surface area contributed by atoms with E-state index >= 15 is 0 Å². The van der Waals surface area contributed by atoms with E-state index in [1.54, 1.807) is 0 Å². The first-order valence-electron chi connectivity index (χ1n) is 26.5. The van der Waals surface area contributed by atoms with Crippen LogP contribution in [-0.2, 0) is 23.8 Å². The Morgan fingerprint density at radius 1 is 0.371 bits per heavy atom. The minimum Gasteiger partial charge on any atom is -0.462 e. The fraction of sp³-hybridized carbons (Fsp3) is 0.754. The van der Waals surface area contributed by atoms with Gasteiger partial charge >= 0.3 is 11.9 Å². The maximum absolute atomic E-state index is 12.8. The summed E-state index contributed by atoms with van der Waals surface area (Å²) in [7, 11) is 0. The monoisotopic (exact) mass is 865 g/mol. The lowest BCUT2D eigenvalue weighted by molar-refractivity contribution is -0.162. The van der Waals surface area contributed by atoms with Gasteiger partial charge in [-0.1, -0.05) is 235 Å². The van der Waals surface area contributed by atoms with Crippen LogP contribution in [0.4, 0.5) is 0 Å². The summed E-state index contributed by atoms with van der Waals surface area (Å²) in [5, 5.41) is 0. The van der Waals surface area contributed by atoms with Crippen LogP contribution in [0, 0.1) is 0 Å². The van der Waals surface area contributed by atoms with Gasteiger partial charge < -0.3 is 14.2 Å². The standard InChI is InChI=1S/C57H100O5/c1-4-7-10-13-16-19-22-25-26-27-28-29-30-31-34-37-40-43-46-49-52-60-53-55(62-57(59)51-48-45-42-39-36-33-24-21-18-15-12-9-6-3)54-61-56(58)50-47-44-41-38-35-32-23-20-17-14-11-8-5-2/h8,11,16-17,19-20,25-26,32,35,41,44,55H,4-7,9-10,12-15,18,21-24,27-31,33-34,36-40,42-43,45-54H2,1-3H3/b11-8-,19-16-,20-17-,26-25-,35-32-,44-41-. The highest BCUT2D eigenvalue weighted by Crippen LogP contribution is 2.15. The molecule has 0 N–H and O–H groups in total. The Morgan fingerprint density at radius 2 is 0.758 bits per heavy atom. The van der Waals surface area contributed by atoms with Gasteiger partial charge in [-0.05, 0) is 77.0 Å². The van der Waals surface area contributed by atoms with Gasteiger partial charge in [-0.25, -0.2) is 0 Å². The molecule has 0 amide bonds. The van der Waals surface area contributed by atoms with Crippen molar-refractivity contribution in [1.29, 1.82) is 0 Å². The molecule has 0 radical (unpaired) electrons. The van der Waals surface area contributed by atoms with Crippen molar-refractivity contribution >= 4 is 11.9 Å². The number of unbranched alkanes of at least 4 members (excludes halogenated alkanes) is 25. The van der Waals surface area contributed by atoms with Gasteiger partial charge in [0.25, 0.3) is 0 Å². The van der Waals surface area contributed by atoms with Crippen molar-refractivity contribution in [1.82, 2.24) is 0 Å². The summed E-state index contributed by atoms with van der Waals surface area (Å²) in [5.41, 5.74) is 0. The number of allylic oxidation sites excluding steroid dienone is 12. The zero-order valence-electron chi connectivity index (χ0n) is 41.1. The molecule has 0 saturated carbocycles. The van der Waals surface area contributed by atoms with E-state index in [-0.39, 0.29) is 25.2 Å². The van der Waals surface area contributed by atoms with Gasteiger partial charge in [0.1, 0.15) is 6.61 Å². The molecule has 0 saturated heterocycles. The van der Waals surface area contributed by atoms with Crippen molar-refractivity contribution in [2.45, 2.75) is 258 Å². The molecule has 5 nitrogen and oxygen atoms in total. The van der Waals surface area contributed by atoms with Gasteiger partial charge in [-0.15, -0.1) is 0 Å². The minimum atomic E-state index is -0.566. The zero-order chi connectivity index (χ0) is 44.9. The summed E-state index contributed by atoms with van der Waals surface area (Å²) in [5.74, 6) is -0.486. The first-order valence-corrected chi connectivity index (χ1v) is 26.5. The fourth-order valence-electron chi connectivity index (χ4n) is 7.32. The largest absolute Gasteiger partial charge is 0.462 e. The quantitative estimate of drug-likeness (QED) is 0.0346. The number of rotatable bonds is 48. The normalized spacial score (nSPS) is 12.8. The van der Waals surface area contributed by atoms with Gasteiger partial charge in [0.05, 0.1) is 6.61 Å². The smallest absolute Gasteiger partial charge is 0.306 e. The maximum Gasteiger partial charge on any atom is 0.306 e. The highest BCUT2D eigenvalue weighted by atomic mass is 16.6. The summed E-state index contributed by atoms with van der Waals surface area (Å²) < 4.78 is 17.3. The third-order valence-corrected chi connectivity index (χ3v) is 11.2. The molecule has 0 aliphatic carbocycles. The SMILES string of the molecule is CC/C=C\C/C=C\C/C=C\C/C=C\CCC(=O)OCC(COCCCCCCCCCCCC/C=C\C/C=C\CCCCC)OC(=O)CCCCCCCCCCCCCCC. The Hall–Kier alpha value is -2.66. The molecule has 0 bridgehead atoms. The second kappa shape index (κ2) is 52.7. The van der Waals surface area contributed by atoms with Crippen LogP contribution in [-0.4, -0.2) is 37.9 Å². The van der Waals surface area contributed by atoms with E-state index in [2.05, 4.69) is 87.6 Å². The first kappa shape index (κ1) is 59.3. The van der Waals surface area contributed by atoms with Crippen LogP contribution in [0.3, 0.4) is 0 Å². The molecule has 5 heteroatoms. The Labute approximate surface area is 385 Å². The molecule has 0 aromatic rings. The fourth-order valence-corrected chi connectivity index (χ4v) is 7.32. The summed E-state index contributed by atoms with van der Waals surface area (Å²) in [6, 6.07) is 0. The predicted octanol–water partition coefficient (Wildman–Crippen LogP) is 17.9. The maximum atomic E-state index is 12.8. The molecule has 0 aromatic carbocycles. The number of esters is 2. The lowest BCUT2D eigenvalue weighted by Crippen LogP contribution is -2.30. The zero-order valence-corrected chi connectivity index (χ0v) is 41.1. The van der Waals surface area contributed by atoms with Crippen LogP contribution in [0.5, 0.6) is 0 Å².